The van der Waals surface area contributed by atoms with Gasteiger partial charge in [0.1, 0.15) is 0 Å². The van der Waals surface area contributed by atoms with E-state index in [4.69, 9.17) is 13.3 Å². The van der Waals surface area contributed by atoms with Gasteiger partial charge < -0.3 is 13.3 Å². The maximum absolute atomic E-state index is 5.93. The monoisotopic (exact) mass is 364 g/mol. The normalized spacial score (nSPS) is 11.7. The molecule has 0 aliphatic rings. The van der Waals surface area contributed by atoms with Crippen molar-refractivity contribution >= 4 is 40.2 Å². The molecule has 1 aromatic heterocycles. The van der Waals surface area contributed by atoms with Crippen LogP contribution in [0.2, 0.25) is 0 Å². The number of hydrogen-bond donors (Lipinski definition) is 2. The van der Waals surface area contributed by atoms with Gasteiger partial charge in [-0.25, -0.2) is 0 Å². The van der Waals surface area contributed by atoms with Crippen molar-refractivity contribution in [2.75, 3.05) is 30.9 Å². The second kappa shape index (κ2) is 9.68. The molecular formula is C12H24N4O3S2Si. The van der Waals surface area contributed by atoms with Crippen LogP contribution in [0.5, 0.6) is 0 Å². The van der Waals surface area contributed by atoms with E-state index in [9.17, 15) is 0 Å². The third kappa shape index (κ3) is 5.07. The third-order valence-electron chi connectivity index (χ3n) is 2.60. The third-order valence-corrected chi connectivity index (χ3v) is 6.04. The van der Waals surface area contributed by atoms with E-state index < -0.39 is 8.97 Å². The largest absolute Gasteiger partial charge is 0.636 e. The average molecular weight is 365 g/mol. The molecule has 0 radical (unpaired) electrons. The van der Waals surface area contributed by atoms with E-state index in [1.807, 2.05) is 25.3 Å². The van der Waals surface area contributed by atoms with Crippen LogP contribution in [0.4, 0.5) is 5.95 Å². The second-order valence-corrected chi connectivity index (χ2v) is 7.46. The lowest BCUT2D eigenvalue weighted by atomic mass is 10.5. The van der Waals surface area contributed by atoms with Crippen molar-refractivity contribution in [2.45, 2.75) is 44.4 Å². The van der Waals surface area contributed by atoms with Crippen LogP contribution in [0.25, 0.3) is 0 Å². The zero-order chi connectivity index (χ0) is 16.6. The van der Waals surface area contributed by atoms with Gasteiger partial charge in [0.2, 0.25) is 5.95 Å². The summed E-state index contributed by atoms with van der Waals surface area (Å²) in [6.45, 7) is 9.83. The molecule has 126 valence electrons. The summed E-state index contributed by atoms with van der Waals surface area (Å²) in [4.78, 5) is 12.5. The van der Waals surface area contributed by atoms with Crippen molar-refractivity contribution in [3.05, 3.63) is 0 Å². The molecule has 0 atom stereocenters. The van der Waals surface area contributed by atoms with Crippen LogP contribution in [-0.4, -0.2) is 50.3 Å². The molecule has 22 heavy (non-hydrogen) atoms. The Kier molecular flexibility index (Phi) is 8.65. The Morgan fingerprint density at radius 3 is 1.68 bits per heavy atom. The van der Waals surface area contributed by atoms with Crippen molar-refractivity contribution in [1.82, 2.24) is 15.0 Å². The van der Waals surface area contributed by atoms with E-state index in [0.717, 1.165) is 6.42 Å². The predicted molar refractivity (Wildman–Crippen MR) is 92.6 cm³/mol. The molecular weight excluding hydrogens is 340 g/mol. The summed E-state index contributed by atoms with van der Waals surface area (Å²) >= 11 is 8.39. The first-order valence-corrected chi connectivity index (χ1v) is 9.93. The molecule has 1 aromatic rings. The highest BCUT2D eigenvalue weighted by Crippen LogP contribution is 2.23. The van der Waals surface area contributed by atoms with Crippen LogP contribution >= 0.6 is 25.3 Å². The van der Waals surface area contributed by atoms with Crippen molar-refractivity contribution in [1.29, 1.82) is 0 Å². The highest BCUT2D eigenvalue weighted by Gasteiger charge is 2.50. The van der Waals surface area contributed by atoms with Gasteiger partial charge in [-0.3, -0.25) is 4.57 Å². The van der Waals surface area contributed by atoms with Crippen LogP contribution in [0, 0.1) is 0 Å². The second-order valence-electron chi connectivity index (χ2n) is 4.21. The van der Waals surface area contributed by atoms with Gasteiger partial charge >= 0.3 is 8.97 Å². The van der Waals surface area contributed by atoms with E-state index in [2.05, 4.69) is 47.1 Å². The number of aromatic nitrogens is 3. The molecule has 0 saturated heterocycles. The zero-order valence-electron chi connectivity index (χ0n) is 13.4. The predicted octanol–water partition coefficient (Wildman–Crippen LogP) is 2.21. The molecule has 0 aliphatic carbocycles. The minimum absolute atomic E-state index is 0.295. The zero-order valence-corrected chi connectivity index (χ0v) is 16.2. The quantitative estimate of drug-likeness (QED) is 0.487. The Balaban J connectivity index is 3.31. The average Bonchev–Trinajstić information content (AvgIpc) is 2.44. The number of anilines is 1. The van der Waals surface area contributed by atoms with Gasteiger partial charge in [0, 0.05) is 26.4 Å². The molecule has 0 fully saturated rings. The van der Waals surface area contributed by atoms with E-state index in [0.29, 0.717) is 42.6 Å². The van der Waals surface area contributed by atoms with Gasteiger partial charge in [-0.2, -0.15) is 15.0 Å². The Labute approximate surface area is 144 Å². The fourth-order valence-electron chi connectivity index (χ4n) is 1.95. The summed E-state index contributed by atoms with van der Waals surface area (Å²) in [5.74, 6) is 0.411. The van der Waals surface area contributed by atoms with Gasteiger partial charge in [-0.05, 0) is 27.2 Å². The summed E-state index contributed by atoms with van der Waals surface area (Å²) in [6, 6.07) is 0. The number of rotatable bonds is 10. The first-order valence-electron chi connectivity index (χ1n) is 7.36. The molecule has 0 spiro atoms. The maximum atomic E-state index is 5.93. The standard InChI is InChI=1S/C12H24N4O3S2Si/c1-5-9-16(10-13-11(20)15-12(21)14-10)22(17-6-2,18-7-3)19-8-4/h5-9H2,1-4H3,(H2,13,14,15,20,21). The SMILES string of the molecule is CCCN(c1nc(S)nc(S)n1)[Si](OCC)(OCC)OCC. The molecule has 0 bridgehead atoms. The highest BCUT2D eigenvalue weighted by atomic mass is 32.1. The van der Waals surface area contributed by atoms with Crippen molar-refractivity contribution in [3.63, 3.8) is 0 Å². The Bertz CT molecular complexity index is 433. The lowest BCUT2D eigenvalue weighted by Crippen LogP contribution is -2.62. The lowest BCUT2D eigenvalue weighted by Gasteiger charge is -2.37. The van der Waals surface area contributed by atoms with Gasteiger partial charge in [0.05, 0.1) is 0 Å². The molecule has 0 saturated carbocycles. The minimum Gasteiger partial charge on any atom is -0.357 e. The molecule has 1 heterocycles. The van der Waals surface area contributed by atoms with Crippen LogP contribution in [-0.2, 0) is 13.3 Å². The topological polar surface area (TPSA) is 69.6 Å². The van der Waals surface area contributed by atoms with Gasteiger partial charge in [-0.15, -0.1) is 25.3 Å². The Morgan fingerprint density at radius 2 is 1.32 bits per heavy atom. The number of hydrogen-bond acceptors (Lipinski definition) is 9. The van der Waals surface area contributed by atoms with Gasteiger partial charge in [0.25, 0.3) is 0 Å². The van der Waals surface area contributed by atoms with Crippen LogP contribution < -0.4 is 4.57 Å². The Hall–Kier alpha value is -0.393. The summed E-state index contributed by atoms with van der Waals surface area (Å²) in [5.41, 5.74) is 0. The fourth-order valence-corrected chi connectivity index (χ4v) is 5.05. The molecule has 7 nitrogen and oxygen atoms in total. The van der Waals surface area contributed by atoms with Gasteiger partial charge in [-0.1, -0.05) is 6.92 Å². The molecule has 0 aliphatic heterocycles. The smallest absolute Gasteiger partial charge is 0.357 e. The first-order chi connectivity index (χ1) is 10.5. The van der Waals surface area contributed by atoms with E-state index >= 15 is 0 Å². The summed E-state index contributed by atoms with van der Waals surface area (Å²) in [5, 5.41) is 0.590. The van der Waals surface area contributed by atoms with E-state index in [-0.39, 0.29) is 0 Å². The molecule has 0 N–H and O–H groups in total. The molecule has 0 unspecified atom stereocenters. The fraction of sp³-hybridized carbons (Fsp3) is 0.750. The van der Waals surface area contributed by atoms with Gasteiger partial charge in [0.15, 0.2) is 10.3 Å². The first kappa shape index (κ1) is 19.7. The molecule has 10 heteroatoms. The Morgan fingerprint density at radius 1 is 0.864 bits per heavy atom. The van der Waals surface area contributed by atoms with Crippen molar-refractivity contribution in [2.24, 2.45) is 0 Å². The lowest BCUT2D eigenvalue weighted by molar-refractivity contribution is 0.0684. The highest BCUT2D eigenvalue weighted by molar-refractivity contribution is 7.80. The summed E-state index contributed by atoms with van der Waals surface area (Å²) in [7, 11) is -3.12. The minimum atomic E-state index is -3.12. The van der Waals surface area contributed by atoms with Crippen LogP contribution in [0.1, 0.15) is 34.1 Å². The van der Waals surface area contributed by atoms with Crippen molar-refractivity contribution in [3.8, 4) is 0 Å². The summed E-state index contributed by atoms with van der Waals surface area (Å²) < 4.78 is 19.7. The molecule has 0 amide bonds. The summed E-state index contributed by atoms with van der Waals surface area (Å²) in [6.07, 6.45) is 0.859. The molecule has 1 rings (SSSR count). The number of nitrogens with zero attached hydrogens (tertiary/aromatic N) is 4. The van der Waals surface area contributed by atoms with Crippen LogP contribution in [0.3, 0.4) is 0 Å². The molecule has 0 aromatic carbocycles. The maximum Gasteiger partial charge on any atom is 0.636 e. The van der Waals surface area contributed by atoms with Crippen LogP contribution in [0.15, 0.2) is 10.3 Å². The number of thiol groups is 2. The van der Waals surface area contributed by atoms with Crippen molar-refractivity contribution < 1.29 is 13.3 Å². The van der Waals surface area contributed by atoms with E-state index in [1.165, 1.54) is 0 Å². The van der Waals surface area contributed by atoms with E-state index in [1.54, 1.807) is 0 Å².